The highest BCUT2D eigenvalue weighted by Crippen LogP contribution is 2.62. The van der Waals surface area contributed by atoms with Crippen LogP contribution in [0.4, 0.5) is 0 Å². The zero-order chi connectivity index (χ0) is 38.9. The van der Waals surface area contributed by atoms with Crippen molar-refractivity contribution in [2.45, 2.75) is 160 Å². The molecule has 5 atom stereocenters. The molecular weight excluding hydrogens is 695 g/mol. The third-order valence-corrected chi connectivity index (χ3v) is 16.0. The normalized spacial score (nSPS) is 35.3. The molecule has 0 aliphatic heterocycles. The first-order chi connectivity index (χ1) is 27.0. The Balaban J connectivity index is 1.10. The number of ether oxygens (including phenoxy) is 1. The molecule has 2 aromatic carbocycles. The van der Waals surface area contributed by atoms with Crippen LogP contribution in [-0.2, 0) is 17.8 Å². The minimum Gasteiger partial charge on any atom is -0.393 e. The second kappa shape index (κ2) is 17.1. The van der Waals surface area contributed by atoms with Crippen LogP contribution < -0.4 is 0 Å². The van der Waals surface area contributed by atoms with Gasteiger partial charge in [-0.05, 0) is 155 Å². The third-order valence-electron chi connectivity index (χ3n) is 16.0. The number of hydrogen-bond acceptors (Lipinski definition) is 6. The van der Waals surface area contributed by atoms with E-state index >= 15 is 0 Å². The van der Waals surface area contributed by atoms with Gasteiger partial charge in [-0.15, -0.1) is 0 Å². The van der Waals surface area contributed by atoms with Gasteiger partial charge in [-0.3, -0.25) is 9.69 Å². The predicted molar refractivity (Wildman–Crippen MR) is 223 cm³/mol. The topological polar surface area (TPSA) is 90.2 Å². The Bertz CT molecular complexity index is 1650. The molecule has 6 bridgehead atoms. The van der Waals surface area contributed by atoms with Crippen molar-refractivity contribution in [1.29, 1.82) is 0 Å². The SMILES string of the molecule is CC1=CCCC2(C)C(CCC2(O)CN(CC(O)COCc2ccccc2)CC23CC4CC(CC(C4)C2)C3)c2ccc(cc2C(=O)C2CCCCC2)CC(O)CC1. The number of hydrogen-bond donors (Lipinski definition) is 3. The molecule has 3 N–H and O–H groups in total. The van der Waals surface area contributed by atoms with Gasteiger partial charge < -0.3 is 20.1 Å². The summed E-state index contributed by atoms with van der Waals surface area (Å²) in [5, 5.41) is 36.1. The molecule has 0 radical (unpaired) electrons. The van der Waals surface area contributed by atoms with Crippen LogP contribution in [-0.4, -0.2) is 70.1 Å². The molecule has 0 saturated heterocycles. The van der Waals surface area contributed by atoms with Gasteiger partial charge in [-0.1, -0.05) is 80.3 Å². The van der Waals surface area contributed by atoms with Gasteiger partial charge in [0, 0.05) is 36.5 Å². The van der Waals surface area contributed by atoms with E-state index in [-0.39, 0.29) is 29.6 Å². The summed E-state index contributed by atoms with van der Waals surface area (Å²) in [6.07, 6.45) is 19.9. The maximum Gasteiger partial charge on any atom is 0.166 e. The fourth-order valence-corrected chi connectivity index (χ4v) is 13.5. The van der Waals surface area contributed by atoms with Gasteiger partial charge in [0.2, 0.25) is 0 Å². The summed E-state index contributed by atoms with van der Waals surface area (Å²) >= 11 is 0. The first-order valence-electron chi connectivity index (χ1n) is 22.7. The molecule has 6 nitrogen and oxygen atoms in total. The highest BCUT2D eigenvalue weighted by molar-refractivity contribution is 5.99. The lowest BCUT2D eigenvalue weighted by Gasteiger charge is -2.58. The quantitative estimate of drug-likeness (QED) is 0.147. The summed E-state index contributed by atoms with van der Waals surface area (Å²) in [4.78, 5) is 17.0. The van der Waals surface area contributed by atoms with Crippen molar-refractivity contribution in [3.05, 3.63) is 82.4 Å². The van der Waals surface area contributed by atoms with Crippen molar-refractivity contribution in [2.75, 3.05) is 26.2 Å². The van der Waals surface area contributed by atoms with Crippen molar-refractivity contribution >= 4 is 5.78 Å². The molecule has 8 aliphatic rings. The number of allylic oxidation sites excluding steroid dienone is 2. The number of benzene rings is 2. The Morgan fingerprint density at radius 3 is 2.34 bits per heavy atom. The van der Waals surface area contributed by atoms with Gasteiger partial charge >= 0.3 is 0 Å². The second-order valence-corrected chi connectivity index (χ2v) is 20.4. The Hall–Kier alpha value is -2.35. The van der Waals surface area contributed by atoms with E-state index in [1.807, 2.05) is 18.2 Å². The lowest BCUT2D eigenvalue weighted by atomic mass is 9.49. The molecule has 5 unspecified atom stereocenters. The van der Waals surface area contributed by atoms with Crippen molar-refractivity contribution in [3.63, 3.8) is 0 Å². The van der Waals surface area contributed by atoms with Crippen LogP contribution >= 0.6 is 0 Å². The Kier molecular flexibility index (Phi) is 12.3. The van der Waals surface area contributed by atoms with Gasteiger partial charge in [-0.25, -0.2) is 0 Å². The molecule has 2 aromatic rings. The van der Waals surface area contributed by atoms with Crippen molar-refractivity contribution in [2.24, 2.45) is 34.5 Å². The van der Waals surface area contributed by atoms with Crippen molar-refractivity contribution in [3.8, 4) is 0 Å². The minimum absolute atomic E-state index is 0.0335. The molecule has 306 valence electrons. The molecule has 56 heavy (non-hydrogen) atoms. The first kappa shape index (κ1) is 40.4. The Labute approximate surface area is 337 Å². The van der Waals surface area contributed by atoms with Crippen molar-refractivity contribution < 1.29 is 24.9 Å². The highest BCUT2D eigenvalue weighted by Gasteiger charge is 2.58. The van der Waals surface area contributed by atoms with Crippen LogP contribution in [0.3, 0.4) is 0 Å². The van der Waals surface area contributed by atoms with Crippen LogP contribution in [0.25, 0.3) is 0 Å². The van der Waals surface area contributed by atoms with E-state index in [0.717, 1.165) is 97.9 Å². The second-order valence-electron chi connectivity index (χ2n) is 20.4. The summed E-state index contributed by atoms with van der Waals surface area (Å²) in [5.41, 5.74) is 4.19. The van der Waals surface area contributed by atoms with Gasteiger partial charge in [0.15, 0.2) is 5.78 Å². The zero-order valence-electron chi connectivity index (χ0n) is 34.6. The number of aliphatic hydroxyl groups excluding tert-OH is 2. The van der Waals surface area contributed by atoms with Gasteiger partial charge in [-0.2, -0.15) is 0 Å². The molecule has 8 aliphatic carbocycles. The number of nitrogens with zero attached hydrogens (tertiary/aromatic N) is 1. The predicted octanol–water partition coefficient (Wildman–Crippen LogP) is 9.58. The largest absolute Gasteiger partial charge is 0.393 e. The minimum atomic E-state index is -0.997. The molecule has 0 aromatic heterocycles. The number of ketones is 1. The lowest BCUT2D eigenvalue weighted by molar-refractivity contribution is -0.115. The first-order valence-corrected chi connectivity index (χ1v) is 22.7. The maximum absolute atomic E-state index is 14.6. The molecule has 6 saturated carbocycles. The van der Waals surface area contributed by atoms with E-state index in [1.54, 1.807) is 0 Å². The summed E-state index contributed by atoms with van der Waals surface area (Å²) in [7, 11) is 0. The molecule has 6 heteroatoms. The third kappa shape index (κ3) is 8.81. The van der Waals surface area contributed by atoms with E-state index in [1.165, 1.54) is 50.5 Å². The summed E-state index contributed by atoms with van der Waals surface area (Å²) in [6.45, 7) is 7.19. The number of aliphatic hydroxyl groups is 3. The van der Waals surface area contributed by atoms with Gasteiger partial charge in [0.25, 0.3) is 0 Å². The molecular formula is C50H71NO5. The highest BCUT2D eigenvalue weighted by atomic mass is 16.5. The van der Waals surface area contributed by atoms with E-state index in [0.29, 0.717) is 39.0 Å². The maximum atomic E-state index is 14.6. The van der Waals surface area contributed by atoms with E-state index in [9.17, 15) is 20.1 Å². The van der Waals surface area contributed by atoms with E-state index in [2.05, 4.69) is 55.2 Å². The molecule has 0 spiro atoms. The number of fused-ring (bicyclic) bond motifs is 8. The van der Waals surface area contributed by atoms with Crippen molar-refractivity contribution in [1.82, 2.24) is 4.90 Å². The summed E-state index contributed by atoms with van der Waals surface area (Å²) in [6, 6.07) is 16.7. The smallest absolute Gasteiger partial charge is 0.166 e. The standard InChI is InChI=1S/C50H71NO5/c1-35-10-9-20-48(2)46(44-18-16-37(25-42(52)17-15-35)26-45(44)47(54)41-13-7-4-8-14-41)19-21-50(48,55)34-51(30-43(53)32-56-31-36-11-5-3-6-12-36)33-49-27-38-22-39(28-49)24-40(23-38)29-49/h3,5-6,10-12,16,18,26,38-43,46,52-53,55H,4,7-9,13-15,17,19-25,27-34H2,1-2H3. The zero-order valence-corrected chi connectivity index (χ0v) is 34.6. The van der Waals surface area contributed by atoms with E-state index in [4.69, 9.17) is 4.74 Å². The van der Waals surface area contributed by atoms with Crippen LogP contribution in [0.5, 0.6) is 0 Å². The van der Waals surface area contributed by atoms with Gasteiger partial charge in [0.05, 0.1) is 31.0 Å². The lowest BCUT2D eigenvalue weighted by Crippen LogP contribution is -2.57. The van der Waals surface area contributed by atoms with Crippen LogP contribution in [0.1, 0.15) is 156 Å². The van der Waals surface area contributed by atoms with Gasteiger partial charge in [0.1, 0.15) is 0 Å². The average molecular weight is 766 g/mol. The summed E-state index contributed by atoms with van der Waals surface area (Å²) in [5.74, 6) is 2.86. The Morgan fingerprint density at radius 2 is 1.62 bits per heavy atom. The number of rotatable bonds is 12. The van der Waals surface area contributed by atoms with E-state index < -0.39 is 23.2 Å². The van der Waals surface area contributed by atoms with Crippen LogP contribution in [0.15, 0.2) is 60.2 Å². The Morgan fingerprint density at radius 1 is 0.911 bits per heavy atom. The molecule has 10 rings (SSSR count). The monoisotopic (exact) mass is 766 g/mol. The fourth-order valence-electron chi connectivity index (χ4n) is 13.5. The summed E-state index contributed by atoms with van der Waals surface area (Å²) < 4.78 is 6.10. The number of Topliss-reactive ketones (excluding diaryl/α,β-unsaturated/α-hetero) is 1. The molecule has 0 amide bonds. The number of carbonyl (C=O) groups is 1. The fraction of sp³-hybridized carbons (Fsp3) is 0.700. The number of carbonyl (C=O) groups excluding carboxylic acids is 1. The molecule has 6 fully saturated rings. The molecule has 0 heterocycles. The average Bonchev–Trinajstić information content (AvgIpc) is 3.42. The van der Waals surface area contributed by atoms with Crippen LogP contribution in [0.2, 0.25) is 0 Å². The van der Waals surface area contributed by atoms with Crippen LogP contribution in [0, 0.1) is 34.5 Å².